The van der Waals surface area contributed by atoms with Crippen molar-refractivity contribution >= 4 is 34.1 Å². The highest BCUT2D eigenvalue weighted by Gasteiger charge is 2.19. The van der Waals surface area contributed by atoms with E-state index in [9.17, 15) is 14.4 Å². The highest BCUT2D eigenvalue weighted by molar-refractivity contribution is 6.05. The maximum atomic E-state index is 12.5. The van der Waals surface area contributed by atoms with Crippen molar-refractivity contribution in [3.05, 3.63) is 64.7 Å². The van der Waals surface area contributed by atoms with Crippen molar-refractivity contribution in [2.24, 2.45) is 0 Å². The van der Waals surface area contributed by atoms with E-state index in [-0.39, 0.29) is 17.4 Å². The van der Waals surface area contributed by atoms with Crippen LogP contribution in [-0.2, 0) is 4.79 Å². The maximum Gasteiger partial charge on any atom is 0.258 e. The molecule has 4 rings (SSSR count). The Morgan fingerprint density at radius 3 is 2.67 bits per heavy atom. The molecule has 0 radical (unpaired) electrons. The minimum atomic E-state index is -0.286. The first kappa shape index (κ1) is 17.0. The molecule has 2 aromatic carbocycles. The van der Waals surface area contributed by atoms with Crippen LogP contribution in [0.2, 0.25) is 0 Å². The first-order chi connectivity index (χ1) is 13.1. The lowest BCUT2D eigenvalue weighted by atomic mass is 10.1. The Morgan fingerprint density at radius 2 is 1.89 bits per heavy atom. The molecule has 1 aromatic heterocycles. The number of aromatic nitrogens is 2. The van der Waals surface area contributed by atoms with Crippen LogP contribution >= 0.6 is 0 Å². The Bertz CT molecular complexity index is 1070. The third kappa shape index (κ3) is 3.44. The van der Waals surface area contributed by atoms with Crippen LogP contribution in [0.15, 0.2) is 53.6 Å². The fourth-order valence-electron chi connectivity index (χ4n) is 3.22. The molecule has 0 unspecified atom stereocenters. The Hall–Kier alpha value is -3.48. The van der Waals surface area contributed by atoms with Gasteiger partial charge in [-0.2, -0.15) is 0 Å². The molecule has 0 spiro atoms. The number of carbonyl (C=O) groups excluding carboxylic acids is 2. The summed E-state index contributed by atoms with van der Waals surface area (Å²) >= 11 is 0. The number of piperidine rings is 1. The molecular formula is C20H18N4O3. The number of carbonyl (C=O) groups is 2. The van der Waals surface area contributed by atoms with Crippen molar-refractivity contribution in [1.82, 2.24) is 9.97 Å². The summed E-state index contributed by atoms with van der Waals surface area (Å²) in [5.41, 5.74) is 2.10. The molecule has 27 heavy (non-hydrogen) atoms. The lowest BCUT2D eigenvalue weighted by molar-refractivity contribution is -0.119. The van der Waals surface area contributed by atoms with Gasteiger partial charge in [0.2, 0.25) is 5.91 Å². The van der Waals surface area contributed by atoms with Crippen molar-refractivity contribution in [1.29, 1.82) is 0 Å². The van der Waals surface area contributed by atoms with Gasteiger partial charge in [-0.3, -0.25) is 14.4 Å². The van der Waals surface area contributed by atoms with Gasteiger partial charge < -0.3 is 15.2 Å². The summed E-state index contributed by atoms with van der Waals surface area (Å²) in [5, 5.41) is 3.20. The van der Waals surface area contributed by atoms with Gasteiger partial charge in [-0.1, -0.05) is 0 Å². The van der Waals surface area contributed by atoms with Crippen LogP contribution in [0.4, 0.5) is 11.4 Å². The topological polar surface area (TPSA) is 95.2 Å². The molecule has 2 N–H and O–H groups in total. The molecule has 1 fully saturated rings. The highest BCUT2D eigenvalue weighted by atomic mass is 16.2. The predicted octanol–water partition coefficient (Wildman–Crippen LogP) is 2.69. The van der Waals surface area contributed by atoms with E-state index in [0.29, 0.717) is 35.1 Å². The summed E-state index contributed by atoms with van der Waals surface area (Å²) < 4.78 is 0. The average molecular weight is 362 g/mol. The normalized spacial score (nSPS) is 14.4. The average Bonchev–Trinajstić information content (AvgIpc) is 2.69. The molecule has 0 aliphatic carbocycles. The van der Waals surface area contributed by atoms with Crippen LogP contribution < -0.4 is 15.8 Å². The van der Waals surface area contributed by atoms with E-state index in [1.54, 1.807) is 47.4 Å². The Kier molecular flexibility index (Phi) is 4.42. The van der Waals surface area contributed by atoms with Gasteiger partial charge in [0.25, 0.3) is 11.5 Å². The molecule has 0 saturated carbocycles. The molecule has 1 aliphatic heterocycles. The zero-order valence-corrected chi connectivity index (χ0v) is 14.6. The van der Waals surface area contributed by atoms with Gasteiger partial charge in [0.1, 0.15) is 0 Å². The minimum absolute atomic E-state index is 0.119. The number of aromatic amines is 1. The van der Waals surface area contributed by atoms with Gasteiger partial charge in [-0.05, 0) is 55.3 Å². The molecule has 0 bridgehead atoms. The standard InChI is InChI=1S/C20H18N4O3/c25-18-3-1-2-10-24(18)15-7-4-13(5-8-15)19(26)23-14-6-9-17-16(11-14)20(27)22-12-21-17/h4-9,11-12H,1-3,10H2,(H,23,26)(H,21,22,27). The molecular weight excluding hydrogens is 344 g/mol. The van der Waals surface area contributed by atoms with Crippen LogP contribution in [0.5, 0.6) is 0 Å². The SMILES string of the molecule is O=C(Nc1ccc2nc[nH]c(=O)c2c1)c1ccc(N2CCCCC2=O)cc1. The number of anilines is 2. The van der Waals surface area contributed by atoms with E-state index in [1.807, 2.05) is 0 Å². The van der Waals surface area contributed by atoms with Gasteiger partial charge in [0.15, 0.2) is 0 Å². The zero-order valence-electron chi connectivity index (χ0n) is 14.6. The lowest BCUT2D eigenvalue weighted by Crippen LogP contribution is -2.35. The van der Waals surface area contributed by atoms with E-state index in [2.05, 4.69) is 15.3 Å². The second-order valence-corrected chi connectivity index (χ2v) is 6.47. The smallest absolute Gasteiger partial charge is 0.258 e. The fourth-order valence-corrected chi connectivity index (χ4v) is 3.22. The summed E-state index contributed by atoms with van der Waals surface area (Å²) in [6.45, 7) is 0.712. The van der Waals surface area contributed by atoms with Gasteiger partial charge >= 0.3 is 0 Å². The third-order valence-corrected chi connectivity index (χ3v) is 4.66. The highest BCUT2D eigenvalue weighted by Crippen LogP contribution is 2.22. The number of amides is 2. The van der Waals surface area contributed by atoms with Crippen LogP contribution in [0.25, 0.3) is 10.9 Å². The second-order valence-electron chi connectivity index (χ2n) is 6.47. The fraction of sp³-hybridized carbons (Fsp3) is 0.200. The minimum Gasteiger partial charge on any atom is -0.322 e. The van der Waals surface area contributed by atoms with Crippen LogP contribution in [0.3, 0.4) is 0 Å². The molecule has 0 atom stereocenters. The second kappa shape index (κ2) is 7.03. The van der Waals surface area contributed by atoms with Crippen molar-refractivity contribution in [3.63, 3.8) is 0 Å². The molecule has 1 saturated heterocycles. The molecule has 136 valence electrons. The summed E-state index contributed by atoms with van der Waals surface area (Å²) in [6.07, 6.45) is 3.83. The summed E-state index contributed by atoms with van der Waals surface area (Å²) in [4.78, 5) is 44.7. The van der Waals surface area contributed by atoms with E-state index >= 15 is 0 Å². The Morgan fingerprint density at radius 1 is 1.07 bits per heavy atom. The monoisotopic (exact) mass is 362 g/mol. The predicted molar refractivity (Wildman–Crippen MR) is 103 cm³/mol. The number of hydrogen-bond acceptors (Lipinski definition) is 4. The third-order valence-electron chi connectivity index (χ3n) is 4.66. The zero-order chi connectivity index (χ0) is 18.8. The molecule has 1 aliphatic rings. The first-order valence-electron chi connectivity index (χ1n) is 8.81. The molecule has 7 heteroatoms. The maximum absolute atomic E-state index is 12.5. The van der Waals surface area contributed by atoms with Crippen molar-refractivity contribution in [3.8, 4) is 0 Å². The largest absolute Gasteiger partial charge is 0.322 e. The van der Waals surface area contributed by atoms with Crippen LogP contribution in [0.1, 0.15) is 29.6 Å². The van der Waals surface area contributed by atoms with Gasteiger partial charge in [-0.15, -0.1) is 0 Å². The summed E-state index contributed by atoms with van der Waals surface area (Å²) in [6, 6.07) is 11.9. The van der Waals surface area contributed by atoms with E-state index < -0.39 is 0 Å². The Labute approximate surface area is 155 Å². The molecule has 2 amide bonds. The van der Waals surface area contributed by atoms with Crippen LogP contribution in [-0.4, -0.2) is 28.3 Å². The van der Waals surface area contributed by atoms with Gasteiger partial charge in [0, 0.05) is 29.9 Å². The summed E-state index contributed by atoms with van der Waals surface area (Å²) in [7, 11) is 0. The quantitative estimate of drug-likeness (QED) is 0.749. The van der Waals surface area contributed by atoms with E-state index in [4.69, 9.17) is 0 Å². The molecule has 3 aromatic rings. The van der Waals surface area contributed by atoms with E-state index in [1.165, 1.54) is 6.33 Å². The van der Waals surface area contributed by atoms with Gasteiger partial charge in [0.05, 0.1) is 17.2 Å². The number of benzene rings is 2. The lowest BCUT2D eigenvalue weighted by Gasteiger charge is -2.26. The number of nitrogens with zero attached hydrogens (tertiary/aromatic N) is 2. The van der Waals surface area contributed by atoms with Crippen molar-refractivity contribution in [2.45, 2.75) is 19.3 Å². The number of H-pyrrole nitrogens is 1. The van der Waals surface area contributed by atoms with E-state index in [0.717, 1.165) is 18.5 Å². The Balaban J connectivity index is 1.52. The number of nitrogens with one attached hydrogen (secondary N) is 2. The molecule has 2 heterocycles. The number of hydrogen-bond donors (Lipinski definition) is 2. The van der Waals surface area contributed by atoms with Crippen LogP contribution in [0, 0.1) is 0 Å². The molecule has 7 nitrogen and oxygen atoms in total. The number of rotatable bonds is 3. The number of fused-ring (bicyclic) bond motifs is 1. The van der Waals surface area contributed by atoms with Crippen molar-refractivity contribution in [2.75, 3.05) is 16.8 Å². The first-order valence-corrected chi connectivity index (χ1v) is 8.81. The van der Waals surface area contributed by atoms with Crippen molar-refractivity contribution < 1.29 is 9.59 Å². The van der Waals surface area contributed by atoms with Gasteiger partial charge in [-0.25, -0.2) is 4.98 Å². The summed E-state index contributed by atoms with van der Waals surface area (Å²) in [5.74, 6) is -0.167.